The summed E-state index contributed by atoms with van der Waals surface area (Å²) >= 11 is 0. The molecule has 0 amide bonds. The molecule has 0 radical (unpaired) electrons. The van der Waals surface area contributed by atoms with Crippen LogP contribution in [-0.2, 0) is 10.9 Å². The monoisotopic (exact) mass is 407 g/mol. The summed E-state index contributed by atoms with van der Waals surface area (Å²) in [6.07, 6.45) is -2.79. The van der Waals surface area contributed by atoms with Crippen molar-refractivity contribution in [2.45, 2.75) is 38.0 Å². The predicted molar refractivity (Wildman–Crippen MR) is 105 cm³/mol. The minimum Gasteiger partial charge on any atom is -0.377 e. The number of morpholine rings is 1. The molecule has 1 N–H and O–H groups in total. The summed E-state index contributed by atoms with van der Waals surface area (Å²) in [5, 5.41) is 0. The van der Waals surface area contributed by atoms with E-state index in [4.69, 9.17) is 4.74 Å². The first-order chi connectivity index (χ1) is 13.8. The number of alkyl halides is 3. The van der Waals surface area contributed by atoms with E-state index in [9.17, 15) is 18.0 Å². The Hall–Kier alpha value is -2.48. The predicted octanol–water partition coefficient (Wildman–Crippen LogP) is 3.96. The molecule has 2 atom stereocenters. The van der Waals surface area contributed by atoms with Crippen LogP contribution >= 0.6 is 0 Å². The first kappa shape index (κ1) is 19.8. The second-order valence-corrected chi connectivity index (χ2v) is 7.68. The fourth-order valence-corrected chi connectivity index (χ4v) is 4.27. The lowest BCUT2D eigenvalue weighted by molar-refractivity contribution is -0.137. The van der Waals surface area contributed by atoms with E-state index >= 15 is 0 Å². The molecule has 2 fully saturated rings. The van der Waals surface area contributed by atoms with Gasteiger partial charge in [0.05, 0.1) is 24.8 Å². The van der Waals surface area contributed by atoms with Gasteiger partial charge in [0.25, 0.3) is 5.56 Å². The third-order valence-electron chi connectivity index (χ3n) is 5.68. The van der Waals surface area contributed by atoms with Gasteiger partial charge >= 0.3 is 6.18 Å². The molecule has 156 valence electrons. The van der Waals surface area contributed by atoms with Crippen LogP contribution in [0.4, 0.5) is 24.7 Å². The number of hydrogen-bond acceptors (Lipinski definition) is 4. The third kappa shape index (κ3) is 4.12. The lowest BCUT2D eigenvalue weighted by atomic mass is 10.0. The van der Waals surface area contributed by atoms with Gasteiger partial charge < -0.3 is 19.5 Å². The quantitative estimate of drug-likeness (QED) is 0.837. The SMILES string of the molecule is C[C@@H]1COCCN1c1cc(N2CCCC2c2cccc(C(F)(F)F)c2)[nH]c(=O)c1. The Morgan fingerprint density at radius 1 is 1.14 bits per heavy atom. The molecule has 2 aromatic rings. The van der Waals surface area contributed by atoms with Gasteiger partial charge in [-0.1, -0.05) is 12.1 Å². The molecule has 0 bridgehead atoms. The highest BCUT2D eigenvalue weighted by Crippen LogP contribution is 2.38. The van der Waals surface area contributed by atoms with Gasteiger partial charge in [-0.3, -0.25) is 4.79 Å². The minimum absolute atomic E-state index is 0.149. The zero-order valence-electron chi connectivity index (χ0n) is 16.2. The van der Waals surface area contributed by atoms with Crippen molar-refractivity contribution in [2.75, 3.05) is 36.1 Å². The number of pyridine rings is 1. The number of H-pyrrole nitrogens is 1. The molecule has 0 aliphatic carbocycles. The average molecular weight is 407 g/mol. The molecule has 4 rings (SSSR count). The molecule has 8 heteroatoms. The van der Waals surface area contributed by atoms with Crippen LogP contribution in [0.5, 0.6) is 0 Å². The molecule has 1 aromatic heterocycles. The van der Waals surface area contributed by atoms with Crippen molar-refractivity contribution in [1.29, 1.82) is 0 Å². The highest BCUT2D eigenvalue weighted by molar-refractivity contribution is 5.57. The van der Waals surface area contributed by atoms with Crippen LogP contribution in [0.15, 0.2) is 41.2 Å². The second kappa shape index (κ2) is 7.74. The summed E-state index contributed by atoms with van der Waals surface area (Å²) in [4.78, 5) is 19.4. The highest BCUT2D eigenvalue weighted by atomic mass is 19.4. The normalized spacial score (nSPS) is 22.9. The van der Waals surface area contributed by atoms with Gasteiger partial charge in [-0.05, 0) is 37.5 Å². The van der Waals surface area contributed by atoms with Crippen LogP contribution in [0, 0.1) is 0 Å². The summed E-state index contributed by atoms with van der Waals surface area (Å²) in [5.74, 6) is 0.645. The smallest absolute Gasteiger partial charge is 0.377 e. The summed E-state index contributed by atoms with van der Waals surface area (Å²) < 4.78 is 44.9. The molecule has 1 aromatic carbocycles. The van der Waals surface area contributed by atoms with E-state index in [1.54, 1.807) is 12.1 Å². The van der Waals surface area contributed by atoms with E-state index < -0.39 is 11.7 Å². The largest absolute Gasteiger partial charge is 0.416 e. The Balaban J connectivity index is 1.67. The number of nitrogens with zero attached hydrogens (tertiary/aromatic N) is 2. The first-order valence-corrected chi connectivity index (χ1v) is 9.85. The molecule has 0 saturated carbocycles. The number of rotatable bonds is 3. The van der Waals surface area contributed by atoms with Gasteiger partial charge in [-0.2, -0.15) is 13.2 Å². The second-order valence-electron chi connectivity index (χ2n) is 7.68. The molecule has 2 saturated heterocycles. The van der Waals surface area contributed by atoms with Gasteiger partial charge in [-0.25, -0.2) is 0 Å². The van der Waals surface area contributed by atoms with Crippen LogP contribution in [0.25, 0.3) is 0 Å². The van der Waals surface area contributed by atoms with Crippen molar-refractivity contribution in [3.63, 3.8) is 0 Å². The van der Waals surface area contributed by atoms with Crippen LogP contribution in [0.1, 0.15) is 36.9 Å². The molecule has 5 nitrogen and oxygen atoms in total. The topological polar surface area (TPSA) is 48.6 Å². The van der Waals surface area contributed by atoms with E-state index in [1.807, 2.05) is 17.9 Å². The number of halogens is 3. The fourth-order valence-electron chi connectivity index (χ4n) is 4.27. The third-order valence-corrected chi connectivity index (χ3v) is 5.68. The average Bonchev–Trinajstić information content (AvgIpc) is 3.17. The Labute approximate surface area is 167 Å². The summed E-state index contributed by atoms with van der Waals surface area (Å²) in [5.41, 5.74) is 0.565. The molecule has 1 unspecified atom stereocenters. The zero-order valence-corrected chi connectivity index (χ0v) is 16.2. The van der Waals surface area contributed by atoms with Gasteiger partial charge in [0.15, 0.2) is 0 Å². The van der Waals surface area contributed by atoms with E-state index in [0.717, 1.165) is 24.6 Å². The summed E-state index contributed by atoms with van der Waals surface area (Å²) in [6.45, 7) is 4.61. The van der Waals surface area contributed by atoms with E-state index in [1.165, 1.54) is 12.1 Å². The lowest BCUT2D eigenvalue weighted by Crippen LogP contribution is -2.44. The highest BCUT2D eigenvalue weighted by Gasteiger charge is 2.33. The molecular formula is C21H24F3N3O2. The van der Waals surface area contributed by atoms with Crippen molar-refractivity contribution >= 4 is 11.5 Å². The number of aromatic amines is 1. The Morgan fingerprint density at radius 3 is 2.72 bits per heavy atom. The van der Waals surface area contributed by atoms with Crippen molar-refractivity contribution < 1.29 is 17.9 Å². The lowest BCUT2D eigenvalue weighted by Gasteiger charge is -2.36. The molecule has 3 heterocycles. The van der Waals surface area contributed by atoms with Gasteiger partial charge in [0, 0.05) is 37.0 Å². The van der Waals surface area contributed by atoms with E-state index in [2.05, 4.69) is 9.88 Å². The molecule has 2 aliphatic rings. The zero-order chi connectivity index (χ0) is 20.6. The maximum absolute atomic E-state index is 13.1. The Kier molecular flexibility index (Phi) is 5.29. The van der Waals surface area contributed by atoms with E-state index in [-0.39, 0.29) is 17.6 Å². The number of benzene rings is 1. The maximum atomic E-state index is 13.1. The number of anilines is 2. The number of nitrogens with one attached hydrogen (secondary N) is 1. The first-order valence-electron chi connectivity index (χ1n) is 9.85. The van der Waals surface area contributed by atoms with Crippen LogP contribution < -0.4 is 15.4 Å². The van der Waals surface area contributed by atoms with Crippen molar-refractivity contribution in [1.82, 2.24) is 4.98 Å². The number of aromatic nitrogens is 1. The minimum atomic E-state index is -4.37. The van der Waals surface area contributed by atoms with Crippen molar-refractivity contribution in [3.8, 4) is 0 Å². The summed E-state index contributed by atoms with van der Waals surface area (Å²) in [7, 11) is 0. The number of hydrogen-bond donors (Lipinski definition) is 1. The molecule has 2 aliphatic heterocycles. The van der Waals surface area contributed by atoms with Gasteiger partial charge in [0.2, 0.25) is 0 Å². The van der Waals surface area contributed by atoms with Crippen molar-refractivity contribution in [2.24, 2.45) is 0 Å². The fraction of sp³-hybridized carbons (Fsp3) is 0.476. The van der Waals surface area contributed by atoms with Crippen molar-refractivity contribution in [3.05, 3.63) is 57.9 Å². The molecule has 29 heavy (non-hydrogen) atoms. The molecule has 0 spiro atoms. The standard InChI is InChI=1S/C21H24F3N3O2/c1-14-13-29-9-8-26(14)17-11-19(25-20(28)12-17)27-7-3-6-18(27)15-4-2-5-16(10-15)21(22,23)24/h2,4-5,10-12,14,18H,3,6-9,13H2,1H3,(H,25,28)/t14-,18?/m1/s1. The Morgan fingerprint density at radius 2 is 1.97 bits per heavy atom. The van der Waals surface area contributed by atoms with Crippen LogP contribution in [-0.4, -0.2) is 37.3 Å². The molecular weight excluding hydrogens is 383 g/mol. The summed E-state index contributed by atoms with van der Waals surface area (Å²) in [6, 6.07) is 8.92. The Bertz CT molecular complexity index is 928. The van der Waals surface area contributed by atoms with Gasteiger partial charge in [-0.15, -0.1) is 0 Å². The van der Waals surface area contributed by atoms with Gasteiger partial charge in [0.1, 0.15) is 5.82 Å². The number of ether oxygens (including phenoxy) is 1. The van der Waals surface area contributed by atoms with E-state index in [0.29, 0.717) is 37.7 Å². The van der Waals surface area contributed by atoms with Crippen LogP contribution in [0.3, 0.4) is 0 Å². The van der Waals surface area contributed by atoms with Crippen LogP contribution in [0.2, 0.25) is 0 Å². The maximum Gasteiger partial charge on any atom is 0.416 e.